The van der Waals surface area contributed by atoms with Gasteiger partial charge in [0, 0.05) is 12.0 Å². The summed E-state index contributed by atoms with van der Waals surface area (Å²) in [4.78, 5) is 28.8. The van der Waals surface area contributed by atoms with E-state index in [9.17, 15) is 9.59 Å². The first kappa shape index (κ1) is 20.5. The number of carbonyl (C=O) groups is 2. The lowest BCUT2D eigenvalue weighted by atomic mass is 10.0. The third-order valence-electron chi connectivity index (χ3n) is 5.95. The van der Waals surface area contributed by atoms with E-state index >= 15 is 0 Å². The van der Waals surface area contributed by atoms with Crippen LogP contribution in [0.2, 0.25) is 0 Å². The number of hydrogen-bond acceptors (Lipinski definition) is 4. The van der Waals surface area contributed by atoms with Gasteiger partial charge in [0.05, 0.1) is 39.0 Å². The minimum Gasteiger partial charge on any atom is -0.493 e. The highest BCUT2D eigenvalue weighted by molar-refractivity contribution is 5.95. The van der Waals surface area contributed by atoms with Crippen molar-refractivity contribution < 1.29 is 23.6 Å². The summed E-state index contributed by atoms with van der Waals surface area (Å²) < 4.78 is 10.7. The molecule has 0 aliphatic carbocycles. The summed E-state index contributed by atoms with van der Waals surface area (Å²) in [6.45, 7) is 8.82. The number of benzene rings is 1. The molecule has 0 spiro atoms. The van der Waals surface area contributed by atoms with Crippen LogP contribution < -0.4 is 15.0 Å². The molecule has 2 aromatic rings. The van der Waals surface area contributed by atoms with Crippen LogP contribution in [0.1, 0.15) is 35.5 Å². The van der Waals surface area contributed by atoms with Crippen LogP contribution in [-0.4, -0.2) is 55.5 Å². The molecule has 160 valence electrons. The number of hydrogen-bond donors (Lipinski definition) is 2. The molecule has 1 atom stereocenters. The molecule has 2 N–H and O–H groups in total. The fourth-order valence-corrected chi connectivity index (χ4v) is 4.19. The first-order valence-electron chi connectivity index (χ1n) is 10.7. The average Bonchev–Trinajstić information content (AvgIpc) is 3.43. The van der Waals surface area contributed by atoms with Gasteiger partial charge in [-0.05, 0) is 41.8 Å². The van der Waals surface area contributed by atoms with E-state index < -0.39 is 6.04 Å². The van der Waals surface area contributed by atoms with Gasteiger partial charge in [0.2, 0.25) is 5.91 Å². The van der Waals surface area contributed by atoms with Crippen LogP contribution >= 0.6 is 0 Å². The Bertz CT molecular complexity index is 886. The Morgan fingerprint density at radius 3 is 2.70 bits per heavy atom. The third kappa shape index (κ3) is 4.51. The van der Waals surface area contributed by atoms with Crippen LogP contribution in [-0.2, 0) is 17.8 Å². The predicted molar refractivity (Wildman–Crippen MR) is 111 cm³/mol. The molecule has 2 amide bonds. The van der Waals surface area contributed by atoms with E-state index in [0.717, 1.165) is 38.4 Å². The topological polar surface area (TPSA) is 76.2 Å². The Morgan fingerprint density at radius 2 is 2.00 bits per heavy atom. The minimum atomic E-state index is -0.555. The fourth-order valence-electron chi connectivity index (χ4n) is 4.19. The van der Waals surface area contributed by atoms with Gasteiger partial charge >= 0.3 is 0 Å². The third-order valence-corrected chi connectivity index (χ3v) is 5.95. The maximum atomic E-state index is 13.1. The number of rotatable bonds is 6. The Hall–Kier alpha value is -2.80. The molecule has 0 saturated carbocycles. The van der Waals surface area contributed by atoms with E-state index in [1.54, 1.807) is 12.1 Å². The van der Waals surface area contributed by atoms with Gasteiger partial charge in [-0.15, -0.1) is 0 Å². The van der Waals surface area contributed by atoms with Crippen molar-refractivity contribution in [2.24, 2.45) is 5.92 Å². The van der Waals surface area contributed by atoms with Crippen molar-refractivity contribution in [1.29, 1.82) is 0 Å². The molecule has 7 heteroatoms. The maximum Gasteiger partial charge on any atom is 0.287 e. The van der Waals surface area contributed by atoms with Crippen molar-refractivity contribution in [2.45, 2.75) is 32.9 Å². The van der Waals surface area contributed by atoms with Crippen molar-refractivity contribution in [3.63, 3.8) is 0 Å². The van der Waals surface area contributed by atoms with Gasteiger partial charge in [-0.1, -0.05) is 13.8 Å². The molecule has 2 aliphatic heterocycles. The molecular weight excluding hydrogens is 382 g/mol. The Kier molecular flexibility index (Phi) is 6.08. The van der Waals surface area contributed by atoms with Gasteiger partial charge in [0.15, 0.2) is 5.76 Å². The Balaban J connectivity index is 1.31. The zero-order valence-electron chi connectivity index (χ0n) is 17.6. The zero-order valence-corrected chi connectivity index (χ0v) is 17.6. The molecule has 30 heavy (non-hydrogen) atoms. The van der Waals surface area contributed by atoms with Gasteiger partial charge in [-0.25, -0.2) is 0 Å². The number of fused-ring (bicyclic) bond motifs is 1. The first-order chi connectivity index (χ1) is 14.5. The average molecular weight is 413 g/mol. The van der Waals surface area contributed by atoms with Gasteiger partial charge < -0.3 is 24.3 Å². The molecule has 1 aromatic carbocycles. The highest BCUT2D eigenvalue weighted by Gasteiger charge is 2.32. The maximum absolute atomic E-state index is 13.1. The predicted octanol–water partition coefficient (Wildman–Crippen LogP) is 0.896. The largest absolute Gasteiger partial charge is 0.493 e. The van der Waals surface area contributed by atoms with E-state index in [1.807, 2.05) is 18.7 Å². The van der Waals surface area contributed by atoms with Crippen LogP contribution in [0.3, 0.4) is 0 Å². The van der Waals surface area contributed by atoms with E-state index in [-0.39, 0.29) is 23.5 Å². The normalized spacial score (nSPS) is 17.5. The lowest BCUT2D eigenvalue weighted by Crippen LogP contribution is -3.13. The number of furan rings is 1. The van der Waals surface area contributed by atoms with Crippen molar-refractivity contribution in [3.05, 3.63) is 53.5 Å². The van der Waals surface area contributed by atoms with E-state index in [2.05, 4.69) is 23.5 Å². The van der Waals surface area contributed by atoms with Crippen molar-refractivity contribution in [1.82, 2.24) is 10.2 Å². The molecule has 2 aliphatic rings. The molecule has 1 saturated heterocycles. The fraction of sp³-hybridized carbons (Fsp3) is 0.478. The van der Waals surface area contributed by atoms with Crippen LogP contribution in [0, 0.1) is 5.92 Å². The van der Waals surface area contributed by atoms with Crippen molar-refractivity contribution in [2.75, 3.05) is 32.8 Å². The number of amides is 2. The monoisotopic (exact) mass is 412 g/mol. The Morgan fingerprint density at radius 1 is 1.20 bits per heavy atom. The summed E-state index contributed by atoms with van der Waals surface area (Å²) in [6.07, 6.45) is 2.44. The van der Waals surface area contributed by atoms with Crippen LogP contribution in [0.4, 0.5) is 0 Å². The number of carbonyl (C=O) groups excluding carboxylic acids is 2. The molecule has 1 aromatic heterocycles. The van der Waals surface area contributed by atoms with Crippen molar-refractivity contribution in [3.8, 4) is 5.75 Å². The van der Waals surface area contributed by atoms with Crippen LogP contribution in [0.15, 0.2) is 41.0 Å². The second kappa shape index (κ2) is 8.92. The number of quaternary nitrogens is 1. The molecule has 4 rings (SSSR count). The summed E-state index contributed by atoms with van der Waals surface area (Å²) >= 11 is 0. The van der Waals surface area contributed by atoms with E-state index in [0.29, 0.717) is 13.1 Å². The molecule has 0 unspecified atom stereocenters. The van der Waals surface area contributed by atoms with Gasteiger partial charge in [0.1, 0.15) is 18.3 Å². The summed E-state index contributed by atoms with van der Waals surface area (Å²) in [7, 11) is 0. The standard InChI is InChI=1S/C23H29N3O4/c1-16(2)21(24-22(27)20-4-3-12-29-20)23(28)26-10-8-25(9-11-26)15-17-5-6-19-18(14-17)7-13-30-19/h3-6,12,14,16,21H,7-11,13,15H2,1-2H3,(H,24,27)/p+1/t21-/m0/s1. The quantitative estimate of drug-likeness (QED) is 0.739. The van der Waals surface area contributed by atoms with E-state index in [4.69, 9.17) is 9.15 Å². The minimum absolute atomic E-state index is 0.00424. The molecule has 1 fully saturated rings. The van der Waals surface area contributed by atoms with Gasteiger partial charge in [0.25, 0.3) is 5.91 Å². The molecule has 7 nitrogen and oxygen atoms in total. The van der Waals surface area contributed by atoms with Gasteiger partial charge in [-0.3, -0.25) is 9.59 Å². The van der Waals surface area contributed by atoms with Gasteiger partial charge in [-0.2, -0.15) is 0 Å². The highest BCUT2D eigenvalue weighted by atomic mass is 16.5. The lowest BCUT2D eigenvalue weighted by Gasteiger charge is -2.35. The second-order valence-corrected chi connectivity index (χ2v) is 8.47. The molecular formula is C23H30N3O4+. The summed E-state index contributed by atoms with van der Waals surface area (Å²) in [5.74, 6) is 0.869. The SMILES string of the molecule is CC(C)[C@H](NC(=O)c1ccco1)C(=O)N1CC[NH+](Cc2ccc3c(c2)CCO3)CC1. The lowest BCUT2D eigenvalue weighted by molar-refractivity contribution is -0.917. The van der Waals surface area contributed by atoms with Crippen LogP contribution in [0.25, 0.3) is 0 Å². The summed E-state index contributed by atoms with van der Waals surface area (Å²) in [5.41, 5.74) is 2.62. The highest BCUT2D eigenvalue weighted by Crippen LogP contribution is 2.25. The summed E-state index contributed by atoms with van der Waals surface area (Å²) in [6, 6.07) is 9.19. The Labute approximate surface area is 177 Å². The smallest absolute Gasteiger partial charge is 0.287 e. The zero-order chi connectivity index (χ0) is 21.1. The summed E-state index contributed by atoms with van der Waals surface area (Å²) in [5, 5.41) is 2.85. The molecule has 3 heterocycles. The number of nitrogens with zero attached hydrogens (tertiary/aromatic N) is 1. The molecule has 0 radical (unpaired) electrons. The van der Waals surface area contributed by atoms with Crippen LogP contribution in [0.5, 0.6) is 5.75 Å². The number of piperazine rings is 1. The number of nitrogens with one attached hydrogen (secondary N) is 2. The number of ether oxygens (including phenoxy) is 1. The second-order valence-electron chi connectivity index (χ2n) is 8.47. The van der Waals surface area contributed by atoms with Crippen molar-refractivity contribution >= 4 is 11.8 Å². The first-order valence-corrected chi connectivity index (χ1v) is 10.7. The van der Waals surface area contributed by atoms with E-state index in [1.165, 1.54) is 22.3 Å². The molecule has 0 bridgehead atoms.